The van der Waals surface area contributed by atoms with Gasteiger partial charge in [0.25, 0.3) is 5.91 Å². The van der Waals surface area contributed by atoms with Gasteiger partial charge in [-0.3, -0.25) is 4.79 Å². The van der Waals surface area contributed by atoms with Gasteiger partial charge in [0, 0.05) is 31.9 Å². The first-order valence-corrected chi connectivity index (χ1v) is 8.42. The highest BCUT2D eigenvalue weighted by Crippen LogP contribution is 2.16. The van der Waals surface area contributed by atoms with E-state index in [9.17, 15) is 4.79 Å². The van der Waals surface area contributed by atoms with Crippen molar-refractivity contribution in [2.24, 2.45) is 0 Å². The Labute approximate surface area is 153 Å². The van der Waals surface area contributed by atoms with Crippen molar-refractivity contribution in [3.63, 3.8) is 0 Å². The molecule has 5 nitrogen and oxygen atoms in total. The zero-order chi connectivity index (χ0) is 18.4. The summed E-state index contributed by atoms with van der Waals surface area (Å²) < 4.78 is 11.1. The standard InChI is InChI=1S/C21H22N2O3/c1-23(2)18-10-8-16(9-11-18)14-22-21(24)20-17(12-13-25-20)15-26-19-6-4-3-5-7-19/h3-13H,14-15H2,1-2H3,(H,22,24). The zero-order valence-electron chi connectivity index (χ0n) is 14.9. The number of carbonyl (C=O) groups is 1. The van der Waals surface area contributed by atoms with E-state index in [0.29, 0.717) is 12.1 Å². The van der Waals surface area contributed by atoms with Gasteiger partial charge in [0.1, 0.15) is 12.4 Å². The maximum absolute atomic E-state index is 12.4. The van der Waals surface area contributed by atoms with E-state index < -0.39 is 0 Å². The highest BCUT2D eigenvalue weighted by Gasteiger charge is 2.15. The fourth-order valence-electron chi connectivity index (χ4n) is 2.50. The number of nitrogens with zero attached hydrogens (tertiary/aromatic N) is 1. The number of ether oxygens (including phenoxy) is 1. The average molecular weight is 350 g/mol. The lowest BCUT2D eigenvalue weighted by Crippen LogP contribution is -2.23. The number of amides is 1. The summed E-state index contributed by atoms with van der Waals surface area (Å²) in [5, 5.41) is 2.89. The van der Waals surface area contributed by atoms with Gasteiger partial charge in [0.15, 0.2) is 5.76 Å². The highest BCUT2D eigenvalue weighted by atomic mass is 16.5. The van der Waals surface area contributed by atoms with Crippen LogP contribution in [0.3, 0.4) is 0 Å². The summed E-state index contributed by atoms with van der Waals surface area (Å²) in [6, 6.07) is 19.3. The van der Waals surface area contributed by atoms with Gasteiger partial charge in [-0.1, -0.05) is 30.3 Å². The predicted octanol–water partition coefficient (Wildman–Crippen LogP) is 3.85. The average Bonchev–Trinajstić information content (AvgIpc) is 3.14. The van der Waals surface area contributed by atoms with Crippen molar-refractivity contribution >= 4 is 11.6 Å². The second-order valence-corrected chi connectivity index (χ2v) is 6.12. The predicted molar refractivity (Wildman–Crippen MR) is 101 cm³/mol. The number of benzene rings is 2. The molecule has 0 bridgehead atoms. The highest BCUT2D eigenvalue weighted by molar-refractivity contribution is 5.92. The molecule has 0 saturated carbocycles. The van der Waals surface area contributed by atoms with Crippen LogP contribution < -0.4 is 15.0 Å². The van der Waals surface area contributed by atoms with E-state index in [-0.39, 0.29) is 18.3 Å². The third-order valence-corrected chi connectivity index (χ3v) is 4.00. The molecule has 0 saturated heterocycles. The van der Waals surface area contributed by atoms with E-state index in [1.54, 1.807) is 6.07 Å². The SMILES string of the molecule is CN(C)c1ccc(CNC(=O)c2occc2COc2ccccc2)cc1. The Morgan fingerprint density at radius 2 is 1.77 bits per heavy atom. The monoisotopic (exact) mass is 350 g/mol. The largest absolute Gasteiger partial charge is 0.489 e. The number of para-hydroxylation sites is 1. The maximum atomic E-state index is 12.4. The van der Waals surface area contributed by atoms with Gasteiger partial charge >= 0.3 is 0 Å². The van der Waals surface area contributed by atoms with Gasteiger partial charge in [0.05, 0.1) is 6.26 Å². The molecule has 0 atom stereocenters. The number of anilines is 1. The van der Waals surface area contributed by atoms with Gasteiger partial charge in [-0.2, -0.15) is 0 Å². The lowest BCUT2D eigenvalue weighted by atomic mass is 10.2. The molecule has 0 spiro atoms. The minimum Gasteiger partial charge on any atom is -0.489 e. The Bertz CT molecular complexity index is 839. The summed E-state index contributed by atoms with van der Waals surface area (Å²) in [6.07, 6.45) is 1.50. The molecule has 0 fully saturated rings. The van der Waals surface area contributed by atoms with E-state index >= 15 is 0 Å². The molecular weight excluding hydrogens is 328 g/mol. The summed E-state index contributed by atoms with van der Waals surface area (Å²) >= 11 is 0. The van der Waals surface area contributed by atoms with Crippen molar-refractivity contribution in [1.82, 2.24) is 5.32 Å². The lowest BCUT2D eigenvalue weighted by molar-refractivity contribution is 0.0919. The molecule has 0 aliphatic heterocycles. The number of nitrogens with one attached hydrogen (secondary N) is 1. The molecule has 0 aliphatic rings. The first-order valence-electron chi connectivity index (χ1n) is 8.42. The van der Waals surface area contributed by atoms with E-state index in [1.807, 2.05) is 73.6 Å². The smallest absolute Gasteiger partial charge is 0.287 e. The van der Waals surface area contributed by atoms with Crippen LogP contribution in [0.1, 0.15) is 21.7 Å². The van der Waals surface area contributed by atoms with Gasteiger partial charge in [0.2, 0.25) is 0 Å². The second-order valence-electron chi connectivity index (χ2n) is 6.12. The van der Waals surface area contributed by atoms with Crippen LogP contribution in [-0.4, -0.2) is 20.0 Å². The van der Waals surface area contributed by atoms with Crippen molar-refractivity contribution < 1.29 is 13.9 Å². The fourth-order valence-corrected chi connectivity index (χ4v) is 2.50. The second kappa shape index (κ2) is 8.25. The van der Waals surface area contributed by atoms with Gasteiger partial charge in [-0.15, -0.1) is 0 Å². The molecule has 1 heterocycles. The van der Waals surface area contributed by atoms with Crippen LogP contribution >= 0.6 is 0 Å². The maximum Gasteiger partial charge on any atom is 0.287 e. The topological polar surface area (TPSA) is 54.7 Å². The normalized spacial score (nSPS) is 10.4. The molecule has 2 aromatic carbocycles. The van der Waals surface area contributed by atoms with Crippen LogP contribution in [-0.2, 0) is 13.2 Å². The van der Waals surface area contributed by atoms with E-state index in [1.165, 1.54) is 6.26 Å². The van der Waals surface area contributed by atoms with E-state index in [2.05, 4.69) is 5.32 Å². The van der Waals surface area contributed by atoms with E-state index in [0.717, 1.165) is 17.0 Å². The lowest BCUT2D eigenvalue weighted by Gasteiger charge is -2.13. The number of rotatable bonds is 7. The summed E-state index contributed by atoms with van der Waals surface area (Å²) in [5.41, 5.74) is 2.86. The van der Waals surface area contributed by atoms with Crippen molar-refractivity contribution in [3.8, 4) is 5.75 Å². The van der Waals surface area contributed by atoms with Gasteiger partial charge < -0.3 is 19.4 Å². The van der Waals surface area contributed by atoms with Crippen molar-refractivity contribution in [1.29, 1.82) is 0 Å². The van der Waals surface area contributed by atoms with Crippen LogP contribution in [0.25, 0.3) is 0 Å². The minimum atomic E-state index is -0.252. The molecule has 1 N–H and O–H groups in total. The zero-order valence-corrected chi connectivity index (χ0v) is 14.9. The molecule has 3 aromatic rings. The quantitative estimate of drug-likeness (QED) is 0.703. The number of hydrogen-bond donors (Lipinski definition) is 1. The Morgan fingerprint density at radius 3 is 2.46 bits per heavy atom. The van der Waals surface area contributed by atoms with E-state index in [4.69, 9.17) is 9.15 Å². The molecule has 26 heavy (non-hydrogen) atoms. The van der Waals surface area contributed by atoms with Gasteiger partial charge in [-0.25, -0.2) is 0 Å². The van der Waals surface area contributed by atoms with Crippen LogP contribution in [0.4, 0.5) is 5.69 Å². The molecule has 1 aromatic heterocycles. The Balaban J connectivity index is 1.57. The van der Waals surface area contributed by atoms with Crippen LogP contribution in [0.5, 0.6) is 5.75 Å². The molecule has 0 unspecified atom stereocenters. The third kappa shape index (κ3) is 4.45. The van der Waals surface area contributed by atoms with Crippen molar-refractivity contribution in [3.05, 3.63) is 83.8 Å². The van der Waals surface area contributed by atoms with Crippen LogP contribution in [0.2, 0.25) is 0 Å². The molecule has 3 rings (SSSR count). The number of furan rings is 1. The summed E-state index contributed by atoms with van der Waals surface area (Å²) in [5.74, 6) is 0.783. The molecule has 5 heteroatoms. The summed E-state index contributed by atoms with van der Waals surface area (Å²) in [7, 11) is 3.99. The molecule has 0 radical (unpaired) electrons. The summed E-state index contributed by atoms with van der Waals surface area (Å²) in [4.78, 5) is 14.4. The van der Waals surface area contributed by atoms with Gasteiger partial charge in [-0.05, 0) is 35.9 Å². The fraction of sp³-hybridized carbons (Fsp3) is 0.190. The van der Waals surface area contributed by atoms with Crippen LogP contribution in [0, 0.1) is 0 Å². The first-order chi connectivity index (χ1) is 12.6. The molecule has 1 amide bonds. The number of hydrogen-bond acceptors (Lipinski definition) is 4. The Kier molecular flexibility index (Phi) is 5.59. The minimum absolute atomic E-state index is 0.252. The Morgan fingerprint density at radius 1 is 1.04 bits per heavy atom. The molecule has 134 valence electrons. The first kappa shape index (κ1) is 17.6. The number of carbonyl (C=O) groups excluding carboxylic acids is 1. The third-order valence-electron chi connectivity index (χ3n) is 4.00. The van der Waals surface area contributed by atoms with Crippen molar-refractivity contribution in [2.75, 3.05) is 19.0 Å². The van der Waals surface area contributed by atoms with Crippen LogP contribution in [0.15, 0.2) is 71.3 Å². The van der Waals surface area contributed by atoms with Crippen molar-refractivity contribution in [2.45, 2.75) is 13.2 Å². The molecule has 0 aliphatic carbocycles. The molecular formula is C21H22N2O3. The summed E-state index contributed by atoms with van der Waals surface area (Å²) in [6.45, 7) is 0.715. The Hall–Kier alpha value is -3.21.